The van der Waals surface area contributed by atoms with Crippen LogP contribution in [0.1, 0.15) is 19.3 Å². The number of phosphoric acid groups is 2. The standard InChI is InChI=1S/C41H78N2O30P2/c1-59-9-10-63-15-12-61-7-4-42-32(45)25-28(29(44)3-2-6-60-11-14-64-17-19-66-21-23-68-40-37(50)35(48)33(46)30(72-40)26-70-74(53,54)55)39(52)43-5-8-62-13-16-65-18-20-67-22-24-69-41-38(51)36(49)34(47)31(73-41)27-71-75(56,57)58/h28,30-31,33-38,40-41,46-51H,2-27H2,1H3,(H,42,45)(H,43,52)(H2,53,54,55)(H2,56,57,58). The van der Waals surface area contributed by atoms with Gasteiger partial charge in [-0.15, -0.1) is 0 Å². The van der Waals surface area contributed by atoms with Crippen molar-refractivity contribution in [2.45, 2.75) is 80.7 Å². The van der Waals surface area contributed by atoms with Crippen LogP contribution in [-0.2, 0) is 94.1 Å². The van der Waals surface area contributed by atoms with Crippen LogP contribution in [0.25, 0.3) is 0 Å². The zero-order valence-electron chi connectivity index (χ0n) is 41.8. The normalized spacial score (nSPS) is 24.8. The van der Waals surface area contributed by atoms with E-state index >= 15 is 0 Å². The molecule has 0 aromatic heterocycles. The van der Waals surface area contributed by atoms with E-state index in [4.69, 9.17) is 81.2 Å². The molecule has 2 rings (SSSR count). The summed E-state index contributed by atoms with van der Waals surface area (Å²) in [4.78, 5) is 74.7. The van der Waals surface area contributed by atoms with Gasteiger partial charge < -0.3 is 122 Å². The molecule has 34 heteroatoms. The molecule has 2 aliphatic heterocycles. The van der Waals surface area contributed by atoms with Crippen LogP contribution >= 0.6 is 15.6 Å². The SMILES string of the molecule is COCCOCCOCCNC(=O)CC(C(=O)CCCOCCOCCOCCOC1OC(COP(=O)(O)O)C(O)C(O)C1O)C(=O)NCCOCCOCCOCCOC1OC(COP(=O)(O)O)C(O)C(O)C1O. The van der Waals surface area contributed by atoms with E-state index in [2.05, 4.69) is 19.7 Å². The van der Waals surface area contributed by atoms with Crippen molar-refractivity contribution in [3.8, 4) is 0 Å². The van der Waals surface area contributed by atoms with Crippen molar-refractivity contribution < 1.29 is 144 Å². The fourth-order valence-electron chi connectivity index (χ4n) is 6.48. The molecule has 32 nitrogen and oxygen atoms in total. The van der Waals surface area contributed by atoms with Crippen LogP contribution in [0.2, 0.25) is 0 Å². The van der Waals surface area contributed by atoms with Crippen LogP contribution in [0.5, 0.6) is 0 Å². The molecule has 442 valence electrons. The van der Waals surface area contributed by atoms with E-state index in [0.717, 1.165) is 0 Å². The number of aliphatic hydroxyl groups is 6. The Morgan fingerprint density at radius 1 is 0.480 bits per heavy atom. The third-order valence-corrected chi connectivity index (χ3v) is 11.4. The molecular formula is C41H78N2O30P2. The third-order valence-electron chi connectivity index (χ3n) is 10.4. The van der Waals surface area contributed by atoms with Crippen LogP contribution in [0, 0.1) is 5.92 Å². The highest BCUT2D eigenvalue weighted by molar-refractivity contribution is 7.46. The van der Waals surface area contributed by atoms with E-state index in [1.54, 1.807) is 7.11 Å². The monoisotopic (exact) mass is 1140 g/mol. The summed E-state index contributed by atoms with van der Waals surface area (Å²) in [6.07, 6.45) is -16.1. The van der Waals surface area contributed by atoms with Crippen LogP contribution in [0.15, 0.2) is 0 Å². The maximum absolute atomic E-state index is 13.2. The Hall–Kier alpha value is -1.93. The van der Waals surface area contributed by atoms with Crippen LogP contribution < -0.4 is 10.6 Å². The average Bonchev–Trinajstić information content (AvgIpc) is 3.36. The number of Topliss-reactive ketones (excluding diaryl/α,β-unsaturated/α-hetero) is 1. The van der Waals surface area contributed by atoms with E-state index in [-0.39, 0.29) is 125 Å². The van der Waals surface area contributed by atoms with E-state index in [1.807, 2.05) is 0 Å². The molecule has 0 bridgehead atoms. The zero-order chi connectivity index (χ0) is 55.5. The number of hydrogen-bond acceptors (Lipinski definition) is 26. The number of phosphoric ester groups is 2. The van der Waals surface area contributed by atoms with Crippen molar-refractivity contribution in [2.75, 3.05) is 159 Å². The first-order valence-electron chi connectivity index (χ1n) is 24.0. The summed E-state index contributed by atoms with van der Waals surface area (Å²) >= 11 is 0. The van der Waals surface area contributed by atoms with Gasteiger partial charge in [-0.2, -0.15) is 0 Å². The number of nitrogens with one attached hydrogen (secondary N) is 2. The second kappa shape index (κ2) is 40.3. The van der Waals surface area contributed by atoms with Gasteiger partial charge >= 0.3 is 15.6 Å². The van der Waals surface area contributed by atoms with E-state index < -0.39 is 120 Å². The molecule has 12 N–H and O–H groups in total. The Kier molecular flexibility index (Phi) is 37.1. The molecule has 0 radical (unpaired) electrons. The molecule has 0 spiro atoms. The predicted octanol–water partition coefficient (Wildman–Crippen LogP) is -5.78. The second-order valence-corrected chi connectivity index (χ2v) is 18.7. The lowest BCUT2D eigenvalue weighted by Gasteiger charge is -2.40. The fraction of sp³-hybridized carbons (Fsp3) is 0.927. The topological polar surface area (TPSA) is 450 Å². The number of ether oxygens (including phenoxy) is 13. The van der Waals surface area contributed by atoms with Crippen molar-refractivity contribution in [2.24, 2.45) is 5.92 Å². The summed E-state index contributed by atoms with van der Waals surface area (Å²) in [5.74, 6) is -2.95. The van der Waals surface area contributed by atoms with Crippen LogP contribution in [0.3, 0.4) is 0 Å². The Morgan fingerprint density at radius 3 is 1.24 bits per heavy atom. The van der Waals surface area contributed by atoms with Crippen molar-refractivity contribution in [1.82, 2.24) is 10.6 Å². The molecule has 2 heterocycles. The highest BCUT2D eigenvalue weighted by atomic mass is 31.2. The Balaban J connectivity index is 1.62. The Labute approximate surface area is 433 Å². The van der Waals surface area contributed by atoms with Gasteiger partial charge in [0.05, 0.1) is 132 Å². The summed E-state index contributed by atoms with van der Waals surface area (Å²) in [5, 5.41) is 65.6. The van der Waals surface area contributed by atoms with E-state index in [9.17, 15) is 54.2 Å². The lowest BCUT2D eigenvalue weighted by atomic mass is 9.95. The van der Waals surface area contributed by atoms with Gasteiger partial charge in [0.2, 0.25) is 11.8 Å². The Morgan fingerprint density at radius 2 is 0.840 bits per heavy atom. The lowest BCUT2D eigenvalue weighted by Crippen LogP contribution is -2.59. The molecule has 0 aliphatic carbocycles. The van der Waals surface area contributed by atoms with Crippen molar-refractivity contribution in [3.63, 3.8) is 0 Å². The molecule has 75 heavy (non-hydrogen) atoms. The molecule has 2 amide bonds. The van der Waals surface area contributed by atoms with E-state index in [0.29, 0.717) is 26.4 Å². The van der Waals surface area contributed by atoms with Gasteiger partial charge in [0.15, 0.2) is 12.6 Å². The third kappa shape index (κ3) is 32.1. The van der Waals surface area contributed by atoms with Crippen molar-refractivity contribution in [1.29, 1.82) is 0 Å². The van der Waals surface area contributed by atoms with Gasteiger partial charge in [-0.1, -0.05) is 0 Å². The second-order valence-electron chi connectivity index (χ2n) is 16.2. The van der Waals surface area contributed by atoms with Gasteiger partial charge in [0.1, 0.15) is 60.5 Å². The molecular weight excluding hydrogens is 1060 g/mol. The summed E-state index contributed by atoms with van der Waals surface area (Å²) in [5.41, 5.74) is 0. The van der Waals surface area contributed by atoms with Crippen molar-refractivity contribution in [3.05, 3.63) is 0 Å². The largest absolute Gasteiger partial charge is 0.469 e. The smallest absolute Gasteiger partial charge is 0.387 e. The number of ketones is 1. The number of rotatable bonds is 46. The predicted molar refractivity (Wildman–Crippen MR) is 248 cm³/mol. The number of carbonyl (C=O) groups is 3. The van der Waals surface area contributed by atoms with Crippen molar-refractivity contribution >= 4 is 33.2 Å². The molecule has 0 saturated carbocycles. The minimum absolute atomic E-state index is 0.00914. The summed E-state index contributed by atoms with van der Waals surface area (Å²) in [7, 11) is -8.22. The maximum atomic E-state index is 13.2. The molecule has 2 aliphatic rings. The number of amides is 2. The summed E-state index contributed by atoms with van der Waals surface area (Å²) < 4.78 is 100. The van der Waals surface area contributed by atoms with Gasteiger partial charge in [-0.3, -0.25) is 23.4 Å². The van der Waals surface area contributed by atoms with Gasteiger partial charge in [0, 0.05) is 39.6 Å². The molecule has 0 aromatic carbocycles. The van der Waals surface area contributed by atoms with Crippen LogP contribution in [0.4, 0.5) is 0 Å². The van der Waals surface area contributed by atoms with Gasteiger partial charge in [0.25, 0.3) is 0 Å². The summed E-state index contributed by atoms with van der Waals surface area (Å²) in [6.45, 7) is 1.57. The molecule has 11 unspecified atom stereocenters. The first-order valence-corrected chi connectivity index (χ1v) is 27.0. The average molecular weight is 1140 g/mol. The van der Waals surface area contributed by atoms with E-state index in [1.165, 1.54) is 0 Å². The zero-order valence-corrected chi connectivity index (χ0v) is 43.6. The fourth-order valence-corrected chi connectivity index (χ4v) is 7.17. The maximum Gasteiger partial charge on any atom is 0.469 e. The lowest BCUT2D eigenvalue weighted by molar-refractivity contribution is -0.301. The minimum Gasteiger partial charge on any atom is -0.387 e. The minimum atomic E-state index is -4.89. The highest BCUT2D eigenvalue weighted by Gasteiger charge is 2.46. The number of carbonyl (C=O) groups excluding carboxylic acids is 3. The quantitative estimate of drug-likeness (QED) is 0.0153. The first kappa shape index (κ1) is 69.2. The Bertz CT molecular complexity index is 1520. The van der Waals surface area contributed by atoms with Gasteiger partial charge in [-0.25, -0.2) is 9.13 Å². The number of methoxy groups -OCH3 is 1. The molecule has 0 aromatic rings. The number of hydrogen-bond donors (Lipinski definition) is 12. The van der Waals surface area contributed by atoms with Gasteiger partial charge in [-0.05, 0) is 6.42 Å². The highest BCUT2D eigenvalue weighted by Crippen LogP contribution is 2.38. The number of aliphatic hydroxyl groups excluding tert-OH is 6. The summed E-state index contributed by atoms with van der Waals surface area (Å²) in [6, 6.07) is 0. The molecule has 2 fully saturated rings. The van der Waals surface area contributed by atoms with Crippen LogP contribution in [-0.4, -0.2) is 288 Å². The molecule has 11 atom stereocenters. The first-order chi connectivity index (χ1) is 35.8. The molecule has 2 saturated heterocycles.